The van der Waals surface area contributed by atoms with Crippen molar-refractivity contribution >= 4 is 21.6 Å². The summed E-state index contributed by atoms with van der Waals surface area (Å²) in [5.74, 6) is 6.65. The molecule has 0 amide bonds. The van der Waals surface area contributed by atoms with Crippen LogP contribution in [0.25, 0.3) is 5.69 Å². The highest BCUT2D eigenvalue weighted by Crippen LogP contribution is 2.28. The average molecular weight is 384 g/mol. The van der Waals surface area contributed by atoms with Gasteiger partial charge in [-0.1, -0.05) is 46.3 Å². The van der Waals surface area contributed by atoms with Gasteiger partial charge < -0.3 is 0 Å². The lowest BCUT2D eigenvalue weighted by Gasteiger charge is -2.13. The Morgan fingerprint density at radius 3 is 2.75 bits per heavy atom. The maximum absolute atomic E-state index is 5.24. The fourth-order valence-electron chi connectivity index (χ4n) is 2.87. The normalized spacial score (nSPS) is 13.0. The van der Waals surface area contributed by atoms with Crippen molar-refractivity contribution in [3.63, 3.8) is 0 Å². The summed E-state index contributed by atoms with van der Waals surface area (Å²) in [7, 11) is 0. The summed E-state index contributed by atoms with van der Waals surface area (Å²) in [4.78, 5) is 9.56. The van der Waals surface area contributed by atoms with E-state index in [1.807, 2.05) is 41.0 Å². The Morgan fingerprint density at radius 2 is 1.96 bits per heavy atom. The van der Waals surface area contributed by atoms with Gasteiger partial charge in [0.05, 0.1) is 11.4 Å². The Kier molecular flexibility index (Phi) is 3.97. The Labute approximate surface area is 147 Å². The lowest BCUT2D eigenvalue weighted by Crippen LogP contribution is -2.11. The third kappa shape index (κ3) is 2.56. The summed E-state index contributed by atoms with van der Waals surface area (Å²) in [5.41, 5.74) is 3.97. The third-order valence-corrected chi connectivity index (χ3v) is 4.38. The minimum Gasteiger partial charge on any atom is -0.296 e. The zero-order chi connectivity index (χ0) is 16.5. The maximum atomic E-state index is 5.24. The van der Waals surface area contributed by atoms with Gasteiger partial charge in [-0.05, 0) is 18.2 Å². The summed E-state index contributed by atoms with van der Waals surface area (Å²) >= 11 is 3.55. The van der Waals surface area contributed by atoms with E-state index in [9.17, 15) is 0 Å². The Hall–Kier alpha value is -2.35. The van der Waals surface area contributed by atoms with Gasteiger partial charge in [0.1, 0.15) is 13.2 Å². The van der Waals surface area contributed by atoms with Crippen LogP contribution in [0.15, 0.2) is 58.0 Å². The van der Waals surface area contributed by atoms with Gasteiger partial charge in [0.2, 0.25) is 0 Å². The standard InChI is InChI=1S/C17H14BrN5O/c18-12-6-7-13-14(8-12)23-15(21-22-16(23)10-24-19)9-20-17(13)11-4-2-1-3-5-11/h1-8H,9-10,19H2. The SMILES string of the molecule is NOCc1nnc2n1-c1cc(Br)ccc1C(c1ccccc1)=NC2. The van der Waals surface area contributed by atoms with Gasteiger partial charge in [0.15, 0.2) is 11.6 Å². The first-order valence-corrected chi connectivity index (χ1v) is 8.22. The second-order valence-corrected chi connectivity index (χ2v) is 6.29. The first kappa shape index (κ1) is 15.2. The lowest BCUT2D eigenvalue weighted by molar-refractivity contribution is 0.117. The van der Waals surface area contributed by atoms with Crippen LogP contribution in [0.5, 0.6) is 0 Å². The van der Waals surface area contributed by atoms with E-state index in [0.717, 1.165) is 32.8 Å². The summed E-state index contributed by atoms with van der Waals surface area (Å²) in [6.45, 7) is 0.619. The highest BCUT2D eigenvalue weighted by molar-refractivity contribution is 9.10. The van der Waals surface area contributed by atoms with E-state index in [2.05, 4.69) is 38.3 Å². The molecule has 6 nitrogen and oxygen atoms in total. The van der Waals surface area contributed by atoms with Crippen molar-refractivity contribution in [3.05, 3.63) is 75.8 Å². The number of benzene rings is 2. The fraction of sp³-hybridized carbons (Fsp3) is 0.118. The van der Waals surface area contributed by atoms with Crippen LogP contribution in [-0.4, -0.2) is 20.5 Å². The van der Waals surface area contributed by atoms with Gasteiger partial charge in [-0.2, -0.15) is 0 Å². The van der Waals surface area contributed by atoms with Crippen LogP contribution in [-0.2, 0) is 18.0 Å². The van der Waals surface area contributed by atoms with Crippen molar-refractivity contribution in [1.82, 2.24) is 14.8 Å². The largest absolute Gasteiger partial charge is 0.296 e. The Bertz CT molecular complexity index is 920. The van der Waals surface area contributed by atoms with E-state index in [4.69, 9.17) is 15.7 Å². The van der Waals surface area contributed by atoms with Crippen molar-refractivity contribution in [2.75, 3.05) is 0 Å². The number of fused-ring (bicyclic) bond motifs is 3. The molecule has 1 aromatic heterocycles. The molecule has 0 saturated heterocycles. The molecule has 24 heavy (non-hydrogen) atoms. The van der Waals surface area contributed by atoms with Crippen LogP contribution < -0.4 is 5.90 Å². The van der Waals surface area contributed by atoms with E-state index in [-0.39, 0.29) is 6.61 Å². The van der Waals surface area contributed by atoms with Gasteiger partial charge in [0.25, 0.3) is 0 Å². The molecule has 4 rings (SSSR count). The first-order valence-electron chi connectivity index (χ1n) is 7.43. The summed E-state index contributed by atoms with van der Waals surface area (Å²) in [6, 6.07) is 16.2. The summed E-state index contributed by atoms with van der Waals surface area (Å²) in [5, 5.41) is 8.43. The number of aromatic nitrogens is 3. The van der Waals surface area contributed by atoms with Crippen LogP contribution >= 0.6 is 15.9 Å². The average Bonchev–Trinajstić information content (AvgIpc) is 2.92. The van der Waals surface area contributed by atoms with E-state index < -0.39 is 0 Å². The molecule has 0 saturated carbocycles. The number of rotatable bonds is 3. The van der Waals surface area contributed by atoms with Crippen molar-refractivity contribution < 1.29 is 4.84 Å². The number of aliphatic imine (C=N–C) groups is 1. The number of nitrogens with zero attached hydrogens (tertiary/aromatic N) is 4. The lowest BCUT2D eigenvalue weighted by atomic mass is 10.0. The smallest absolute Gasteiger partial charge is 0.165 e. The van der Waals surface area contributed by atoms with E-state index in [0.29, 0.717) is 12.4 Å². The van der Waals surface area contributed by atoms with Gasteiger partial charge >= 0.3 is 0 Å². The Balaban J connectivity index is 1.96. The monoisotopic (exact) mass is 383 g/mol. The van der Waals surface area contributed by atoms with Crippen LogP contribution in [0.4, 0.5) is 0 Å². The van der Waals surface area contributed by atoms with E-state index in [1.54, 1.807) is 0 Å². The predicted octanol–water partition coefficient (Wildman–Crippen LogP) is 2.77. The van der Waals surface area contributed by atoms with E-state index >= 15 is 0 Å². The zero-order valence-electron chi connectivity index (χ0n) is 12.7. The number of hydrogen-bond donors (Lipinski definition) is 1. The summed E-state index contributed by atoms with van der Waals surface area (Å²) < 4.78 is 2.93. The summed E-state index contributed by atoms with van der Waals surface area (Å²) in [6.07, 6.45) is 0. The molecule has 0 unspecified atom stereocenters. The third-order valence-electron chi connectivity index (χ3n) is 3.89. The molecule has 120 valence electrons. The topological polar surface area (TPSA) is 78.3 Å². The molecule has 0 radical (unpaired) electrons. The molecule has 3 aromatic rings. The maximum Gasteiger partial charge on any atom is 0.165 e. The van der Waals surface area contributed by atoms with Crippen molar-refractivity contribution in [3.8, 4) is 5.69 Å². The molecule has 0 spiro atoms. The van der Waals surface area contributed by atoms with Crippen molar-refractivity contribution in [1.29, 1.82) is 0 Å². The van der Waals surface area contributed by atoms with Crippen LogP contribution in [0, 0.1) is 0 Å². The molecular formula is C17H14BrN5O. The van der Waals surface area contributed by atoms with Crippen LogP contribution in [0.3, 0.4) is 0 Å². The molecule has 2 heterocycles. The van der Waals surface area contributed by atoms with Gasteiger partial charge in [-0.15, -0.1) is 10.2 Å². The molecule has 7 heteroatoms. The number of halogens is 1. The van der Waals surface area contributed by atoms with Gasteiger partial charge in [-0.25, -0.2) is 5.90 Å². The molecule has 2 aromatic carbocycles. The molecule has 1 aliphatic rings. The predicted molar refractivity (Wildman–Crippen MR) is 93.8 cm³/mol. The van der Waals surface area contributed by atoms with Crippen LogP contribution in [0.1, 0.15) is 22.8 Å². The zero-order valence-corrected chi connectivity index (χ0v) is 14.3. The molecule has 0 bridgehead atoms. The molecule has 0 fully saturated rings. The molecule has 0 atom stereocenters. The van der Waals surface area contributed by atoms with E-state index in [1.165, 1.54) is 0 Å². The number of nitrogens with two attached hydrogens (primary N) is 1. The van der Waals surface area contributed by atoms with Crippen LogP contribution in [0.2, 0.25) is 0 Å². The minimum absolute atomic E-state index is 0.180. The Morgan fingerprint density at radius 1 is 1.12 bits per heavy atom. The fourth-order valence-corrected chi connectivity index (χ4v) is 3.22. The molecule has 0 aliphatic carbocycles. The van der Waals surface area contributed by atoms with Gasteiger partial charge in [-0.3, -0.25) is 14.4 Å². The quantitative estimate of drug-likeness (QED) is 0.705. The first-order chi connectivity index (χ1) is 11.8. The highest BCUT2D eigenvalue weighted by atomic mass is 79.9. The molecule has 2 N–H and O–H groups in total. The van der Waals surface area contributed by atoms with Gasteiger partial charge in [0, 0.05) is 15.6 Å². The highest BCUT2D eigenvalue weighted by Gasteiger charge is 2.23. The minimum atomic E-state index is 0.180. The molecule has 1 aliphatic heterocycles. The second-order valence-electron chi connectivity index (χ2n) is 5.37. The van der Waals surface area contributed by atoms with Crippen molar-refractivity contribution in [2.24, 2.45) is 10.9 Å². The second kappa shape index (κ2) is 6.27. The number of hydrogen-bond acceptors (Lipinski definition) is 5. The van der Waals surface area contributed by atoms with Crippen molar-refractivity contribution in [2.45, 2.75) is 13.2 Å². The molecular weight excluding hydrogens is 370 g/mol.